The molecule has 0 bridgehead atoms. The van der Waals surface area contributed by atoms with E-state index < -0.39 is 0 Å². The second-order valence-corrected chi connectivity index (χ2v) is 7.62. The number of allylic oxidation sites excluding steroid dienone is 1. The van der Waals surface area contributed by atoms with Gasteiger partial charge in [0.05, 0.1) is 6.10 Å². The van der Waals surface area contributed by atoms with Gasteiger partial charge in [0.2, 0.25) is 5.91 Å². The number of amides is 1. The van der Waals surface area contributed by atoms with Gasteiger partial charge in [-0.05, 0) is 56.9 Å². The van der Waals surface area contributed by atoms with Crippen LogP contribution in [0, 0.1) is 5.92 Å². The highest BCUT2D eigenvalue weighted by atomic mass is 16.3. The predicted octanol–water partition coefficient (Wildman–Crippen LogP) is 4.46. The minimum atomic E-state index is -0.303. The average Bonchev–Trinajstić information content (AvgIpc) is 2.66. The van der Waals surface area contributed by atoms with Crippen LogP contribution in [-0.4, -0.2) is 28.6 Å². The van der Waals surface area contributed by atoms with Crippen LogP contribution in [0.1, 0.15) is 63.4 Å². The third-order valence-electron chi connectivity index (χ3n) is 5.61. The first-order valence-electron chi connectivity index (χ1n) is 9.91. The van der Waals surface area contributed by atoms with Crippen LogP contribution in [0.2, 0.25) is 0 Å². The SMILES string of the molecule is O=C([C@H]1CCC[C@@H](O)C1)N(CCC1=CCCCC1)Cc1ccccc1. The van der Waals surface area contributed by atoms with Crippen LogP contribution in [0.5, 0.6) is 0 Å². The Morgan fingerprint density at radius 2 is 1.96 bits per heavy atom. The van der Waals surface area contributed by atoms with E-state index in [1.165, 1.54) is 36.8 Å². The van der Waals surface area contributed by atoms with Gasteiger partial charge in [-0.2, -0.15) is 0 Å². The monoisotopic (exact) mass is 341 g/mol. The van der Waals surface area contributed by atoms with Gasteiger partial charge in [-0.25, -0.2) is 0 Å². The molecular formula is C22H31NO2. The van der Waals surface area contributed by atoms with Crippen molar-refractivity contribution in [3.63, 3.8) is 0 Å². The Bertz CT molecular complexity index is 581. The molecule has 1 aromatic carbocycles. The summed E-state index contributed by atoms with van der Waals surface area (Å²) in [4.78, 5) is 15.2. The molecule has 1 fully saturated rings. The molecule has 2 aliphatic rings. The number of benzene rings is 1. The highest BCUT2D eigenvalue weighted by Crippen LogP contribution is 2.27. The Labute approximate surface area is 151 Å². The summed E-state index contributed by atoms with van der Waals surface area (Å²) in [5.41, 5.74) is 2.70. The molecule has 1 N–H and O–H groups in total. The van der Waals surface area contributed by atoms with Gasteiger partial charge in [0.15, 0.2) is 0 Å². The number of nitrogens with zero attached hydrogens (tertiary/aromatic N) is 1. The van der Waals surface area contributed by atoms with Gasteiger partial charge in [0, 0.05) is 19.0 Å². The standard InChI is InChI=1S/C22H31NO2/c24-21-13-7-12-20(16-21)22(25)23(17-19-10-5-2-6-11-19)15-14-18-8-3-1-4-9-18/h2,5-6,8,10-11,20-21,24H,1,3-4,7,9,12-17H2/t20-,21+/m0/s1. The summed E-state index contributed by atoms with van der Waals surface area (Å²) < 4.78 is 0. The molecule has 3 rings (SSSR count). The van der Waals surface area contributed by atoms with Crippen molar-refractivity contribution in [2.24, 2.45) is 5.92 Å². The lowest BCUT2D eigenvalue weighted by molar-refractivity contribution is -0.138. The number of carbonyl (C=O) groups is 1. The van der Waals surface area contributed by atoms with Crippen molar-refractivity contribution in [1.29, 1.82) is 0 Å². The van der Waals surface area contributed by atoms with Gasteiger partial charge in [-0.3, -0.25) is 4.79 Å². The van der Waals surface area contributed by atoms with E-state index in [9.17, 15) is 9.90 Å². The summed E-state index contributed by atoms with van der Waals surface area (Å²) in [6.45, 7) is 1.48. The molecule has 2 aliphatic carbocycles. The zero-order chi connectivity index (χ0) is 17.5. The van der Waals surface area contributed by atoms with Crippen molar-refractivity contribution in [2.45, 2.75) is 70.4 Å². The Morgan fingerprint density at radius 1 is 1.12 bits per heavy atom. The third kappa shape index (κ3) is 5.43. The van der Waals surface area contributed by atoms with Gasteiger partial charge < -0.3 is 10.0 Å². The quantitative estimate of drug-likeness (QED) is 0.776. The van der Waals surface area contributed by atoms with E-state index in [2.05, 4.69) is 18.2 Å². The summed E-state index contributed by atoms with van der Waals surface area (Å²) in [7, 11) is 0. The number of hydrogen-bond acceptors (Lipinski definition) is 2. The summed E-state index contributed by atoms with van der Waals surface area (Å²) in [6, 6.07) is 10.3. The molecule has 25 heavy (non-hydrogen) atoms. The fourth-order valence-corrected chi connectivity index (χ4v) is 4.13. The molecule has 0 aliphatic heterocycles. The smallest absolute Gasteiger partial charge is 0.226 e. The minimum Gasteiger partial charge on any atom is -0.393 e. The minimum absolute atomic E-state index is 0.00667. The summed E-state index contributed by atoms with van der Waals surface area (Å²) in [5.74, 6) is 0.229. The topological polar surface area (TPSA) is 40.5 Å². The Kier molecular flexibility index (Phi) is 6.69. The first-order chi connectivity index (χ1) is 12.2. The Morgan fingerprint density at radius 3 is 2.68 bits per heavy atom. The maximum Gasteiger partial charge on any atom is 0.226 e. The highest BCUT2D eigenvalue weighted by molar-refractivity contribution is 5.79. The highest BCUT2D eigenvalue weighted by Gasteiger charge is 2.29. The van der Waals surface area contributed by atoms with E-state index in [-0.39, 0.29) is 17.9 Å². The molecule has 0 spiro atoms. The molecule has 3 heteroatoms. The fourth-order valence-electron chi connectivity index (χ4n) is 4.13. The van der Waals surface area contributed by atoms with Crippen molar-refractivity contribution < 1.29 is 9.90 Å². The van der Waals surface area contributed by atoms with E-state index in [0.29, 0.717) is 13.0 Å². The number of rotatable bonds is 6. The maximum atomic E-state index is 13.1. The molecule has 0 heterocycles. The van der Waals surface area contributed by atoms with Gasteiger partial charge in [-0.15, -0.1) is 0 Å². The Hall–Kier alpha value is -1.61. The zero-order valence-corrected chi connectivity index (χ0v) is 15.2. The van der Waals surface area contributed by atoms with Crippen LogP contribution in [0.25, 0.3) is 0 Å². The Balaban J connectivity index is 1.66. The summed E-state index contributed by atoms with van der Waals surface area (Å²) >= 11 is 0. The van der Waals surface area contributed by atoms with Crippen molar-refractivity contribution >= 4 is 5.91 Å². The maximum absolute atomic E-state index is 13.1. The first kappa shape index (κ1) is 18.2. The number of aliphatic hydroxyl groups is 1. The van der Waals surface area contributed by atoms with E-state index in [1.807, 2.05) is 23.1 Å². The largest absolute Gasteiger partial charge is 0.393 e. The number of aliphatic hydroxyl groups excluding tert-OH is 1. The number of hydrogen-bond donors (Lipinski definition) is 1. The third-order valence-corrected chi connectivity index (χ3v) is 5.61. The molecule has 1 aromatic rings. The summed E-state index contributed by atoms with van der Waals surface area (Å²) in [6.07, 6.45) is 11.4. The van der Waals surface area contributed by atoms with Gasteiger partial charge in [0.25, 0.3) is 0 Å². The fraction of sp³-hybridized carbons (Fsp3) is 0.591. The summed E-state index contributed by atoms with van der Waals surface area (Å²) in [5, 5.41) is 9.95. The van der Waals surface area contributed by atoms with Crippen molar-refractivity contribution in [1.82, 2.24) is 4.90 Å². The lowest BCUT2D eigenvalue weighted by Crippen LogP contribution is -2.39. The van der Waals surface area contributed by atoms with Gasteiger partial charge >= 0.3 is 0 Å². The van der Waals surface area contributed by atoms with Crippen LogP contribution in [0.4, 0.5) is 0 Å². The van der Waals surface area contributed by atoms with Crippen LogP contribution in [0.3, 0.4) is 0 Å². The van der Waals surface area contributed by atoms with Gasteiger partial charge in [0.1, 0.15) is 0 Å². The average molecular weight is 341 g/mol. The lowest BCUT2D eigenvalue weighted by Gasteiger charge is -2.31. The molecule has 1 saturated carbocycles. The van der Waals surface area contributed by atoms with Crippen LogP contribution < -0.4 is 0 Å². The van der Waals surface area contributed by atoms with Crippen LogP contribution >= 0.6 is 0 Å². The van der Waals surface area contributed by atoms with Crippen LogP contribution in [-0.2, 0) is 11.3 Å². The predicted molar refractivity (Wildman–Crippen MR) is 101 cm³/mol. The van der Waals surface area contributed by atoms with E-state index >= 15 is 0 Å². The van der Waals surface area contributed by atoms with Crippen molar-refractivity contribution in [3.8, 4) is 0 Å². The van der Waals surface area contributed by atoms with Crippen molar-refractivity contribution in [3.05, 3.63) is 47.5 Å². The van der Waals surface area contributed by atoms with E-state index in [4.69, 9.17) is 0 Å². The van der Waals surface area contributed by atoms with E-state index in [1.54, 1.807) is 0 Å². The second kappa shape index (κ2) is 9.19. The normalized spacial score (nSPS) is 23.8. The molecular weight excluding hydrogens is 310 g/mol. The molecule has 136 valence electrons. The molecule has 3 nitrogen and oxygen atoms in total. The first-order valence-corrected chi connectivity index (χ1v) is 9.91. The molecule has 0 unspecified atom stereocenters. The molecule has 0 saturated heterocycles. The van der Waals surface area contributed by atoms with E-state index in [0.717, 1.165) is 32.2 Å². The molecule has 0 radical (unpaired) electrons. The molecule has 2 atom stereocenters. The van der Waals surface area contributed by atoms with Crippen molar-refractivity contribution in [2.75, 3.05) is 6.54 Å². The molecule has 1 amide bonds. The lowest BCUT2D eigenvalue weighted by atomic mass is 9.86. The second-order valence-electron chi connectivity index (χ2n) is 7.62. The number of carbonyl (C=O) groups excluding carboxylic acids is 1. The molecule has 0 aromatic heterocycles. The van der Waals surface area contributed by atoms with Crippen LogP contribution in [0.15, 0.2) is 42.0 Å². The van der Waals surface area contributed by atoms with Gasteiger partial charge in [-0.1, -0.05) is 48.4 Å². The zero-order valence-electron chi connectivity index (χ0n) is 15.2.